The second-order valence-electron chi connectivity index (χ2n) is 6.81. The normalized spacial score (nSPS) is 10.6. The van der Waals surface area contributed by atoms with Gasteiger partial charge in [-0.15, -0.1) is 11.3 Å². The van der Waals surface area contributed by atoms with Crippen LogP contribution in [0.15, 0.2) is 48.5 Å². The first-order valence-corrected chi connectivity index (χ1v) is 11.2. The van der Waals surface area contributed by atoms with E-state index in [0.717, 1.165) is 15.6 Å². The Balaban J connectivity index is 1.73. The molecule has 0 aliphatic carbocycles. The highest BCUT2D eigenvalue weighted by Crippen LogP contribution is 2.37. The van der Waals surface area contributed by atoms with Gasteiger partial charge in [-0.1, -0.05) is 41.9 Å². The Hall–Kier alpha value is -2.68. The number of methoxy groups -OCH3 is 1. The molecule has 0 aliphatic rings. The van der Waals surface area contributed by atoms with Crippen LogP contribution in [0, 0.1) is 0 Å². The van der Waals surface area contributed by atoms with Crippen molar-refractivity contribution in [2.24, 2.45) is 5.73 Å². The average Bonchev–Trinajstić information content (AvgIpc) is 3.10. The molecule has 6 nitrogen and oxygen atoms in total. The molecular formula is C22H22ClN3O3S2. The molecule has 3 N–H and O–H groups in total. The van der Waals surface area contributed by atoms with Crippen molar-refractivity contribution in [3.8, 4) is 5.75 Å². The number of carbonyl (C=O) groups excluding carboxylic acids is 2. The number of amides is 2. The van der Waals surface area contributed by atoms with Crippen LogP contribution in [0.5, 0.6) is 5.75 Å². The van der Waals surface area contributed by atoms with Gasteiger partial charge in [0.15, 0.2) is 5.11 Å². The van der Waals surface area contributed by atoms with E-state index in [0.29, 0.717) is 35.2 Å². The van der Waals surface area contributed by atoms with Gasteiger partial charge >= 0.3 is 0 Å². The van der Waals surface area contributed by atoms with E-state index in [1.54, 1.807) is 18.1 Å². The molecule has 1 heterocycles. The SMILES string of the molecule is COc1ccc2c(Cl)c(C(=O)NC(=S)N(CCC(N)=O)CCc3ccccc3)sc2c1. The lowest BCUT2D eigenvalue weighted by Crippen LogP contribution is -2.44. The quantitative estimate of drug-likeness (QED) is 0.481. The minimum absolute atomic E-state index is 0.133. The first-order chi connectivity index (χ1) is 14.9. The fourth-order valence-electron chi connectivity index (χ4n) is 3.02. The fourth-order valence-corrected chi connectivity index (χ4v) is 4.74. The summed E-state index contributed by atoms with van der Waals surface area (Å²) in [5.74, 6) is -0.134. The Morgan fingerprint density at radius 2 is 1.94 bits per heavy atom. The van der Waals surface area contributed by atoms with E-state index in [1.807, 2.05) is 42.5 Å². The molecule has 2 amide bonds. The lowest BCUT2D eigenvalue weighted by Gasteiger charge is -2.25. The zero-order chi connectivity index (χ0) is 22.4. The Labute approximate surface area is 194 Å². The molecule has 9 heteroatoms. The Morgan fingerprint density at radius 3 is 2.61 bits per heavy atom. The predicted molar refractivity (Wildman–Crippen MR) is 129 cm³/mol. The summed E-state index contributed by atoms with van der Waals surface area (Å²) in [6.07, 6.45) is 0.841. The van der Waals surface area contributed by atoms with Gasteiger partial charge in [0.05, 0.1) is 12.1 Å². The molecule has 0 radical (unpaired) electrons. The number of nitrogens with one attached hydrogen (secondary N) is 1. The third-order valence-corrected chi connectivity index (χ3v) is 6.71. The number of halogens is 1. The maximum Gasteiger partial charge on any atom is 0.269 e. The summed E-state index contributed by atoms with van der Waals surface area (Å²) >= 11 is 13.2. The van der Waals surface area contributed by atoms with E-state index in [9.17, 15) is 9.59 Å². The number of thiocarbonyl (C=S) groups is 1. The van der Waals surface area contributed by atoms with Crippen molar-refractivity contribution in [1.29, 1.82) is 0 Å². The van der Waals surface area contributed by atoms with Crippen molar-refractivity contribution in [3.63, 3.8) is 0 Å². The Kier molecular flexibility index (Phi) is 7.84. The number of rotatable bonds is 8. The van der Waals surface area contributed by atoms with Crippen molar-refractivity contribution in [1.82, 2.24) is 10.2 Å². The minimum atomic E-state index is -0.430. The van der Waals surface area contributed by atoms with E-state index in [4.69, 9.17) is 34.3 Å². The third-order valence-electron chi connectivity index (χ3n) is 4.69. The van der Waals surface area contributed by atoms with Gasteiger partial charge in [0.1, 0.15) is 10.6 Å². The monoisotopic (exact) mass is 475 g/mol. The second-order valence-corrected chi connectivity index (χ2v) is 8.62. The van der Waals surface area contributed by atoms with Crippen LogP contribution in [0.1, 0.15) is 21.7 Å². The molecule has 0 bridgehead atoms. The van der Waals surface area contributed by atoms with Gasteiger partial charge in [-0.05, 0) is 42.4 Å². The number of fused-ring (bicyclic) bond motifs is 1. The summed E-state index contributed by atoms with van der Waals surface area (Å²) in [5.41, 5.74) is 6.43. The highest BCUT2D eigenvalue weighted by Gasteiger charge is 2.20. The van der Waals surface area contributed by atoms with Gasteiger partial charge in [0.25, 0.3) is 5.91 Å². The van der Waals surface area contributed by atoms with Gasteiger partial charge in [-0.25, -0.2) is 0 Å². The first kappa shape index (κ1) is 23.0. The molecule has 3 aromatic rings. The van der Waals surface area contributed by atoms with E-state index >= 15 is 0 Å². The summed E-state index contributed by atoms with van der Waals surface area (Å²) in [6, 6.07) is 15.3. The smallest absolute Gasteiger partial charge is 0.269 e. The standard InChI is InChI=1S/C22H22ClN3O3S2/c1-29-15-7-8-16-17(13-15)31-20(19(16)23)21(28)25-22(30)26(12-10-18(24)27)11-9-14-5-3-2-4-6-14/h2-8,13H,9-12H2,1H3,(H2,24,27)(H,25,28,30). The van der Waals surface area contributed by atoms with E-state index < -0.39 is 5.91 Å². The summed E-state index contributed by atoms with van der Waals surface area (Å²) in [7, 11) is 1.58. The number of nitrogens with two attached hydrogens (primary N) is 1. The summed E-state index contributed by atoms with van der Waals surface area (Å²) < 4.78 is 6.08. The third kappa shape index (κ3) is 5.94. The van der Waals surface area contributed by atoms with Gasteiger partial charge in [-0.2, -0.15) is 0 Å². The van der Waals surface area contributed by atoms with Crippen LogP contribution in [0.3, 0.4) is 0 Å². The van der Waals surface area contributed by atoms with Crippen molar-refractivity contribution in [2.75, 3.05) is 20.2 Å². The number of hydrogen-bond donors (Lipinski definition) is 2. The maximum atomic E-state index is 12.9. The van der Waals surface area contributed by atoms with Gasteiger partial charge in [-0.3, -0.25) is 14.9 Å². The van der Waals surface area contributed by atoms with Crippen molar-refractivity contribution >= 4 is 62.2 Å². The van der Waals surface area contributed by atoms with Crippen LogP contribution in [0.25, 0.3) is 10.1 Å². The number of thiophene rings is 1. The van der Waals surface area contributed by atoms with Gasteiger partial charge in [0.2, 0.25) is 5.91 Å². The molecule has 2 aromatic carbocycles. The van der Waals surface area contributed by atoms with Crippen molar-refractivity contribution in [2.45, 2.75) is 12.8 Å². The molecule has 0 fully saturated rings. The number of hydrogen-bond acceptors (Lipinski definition) is 5. The molecule has 0 spiro atoms. The summed E-state index contributed by atoms with van der Waals surface area (Å²) in [4.78, 5) is 26.3. The predicted octanol–water partition coefficient (Wildman–Crippen LogP) is 4.00. The molecule has 31 heavy (non-hydrogen) atoms. The minimum Gasteiger partial charge on any atom is -0.497 e. The van der Waals surface area contributed by atoms with Gasteiger partial charge < -0.3 is 15.4 Å². The van der Waals surface area contributed by atoms with Crippen LogP contribution in [-0.2, 0) is 11.2 Å². The number of nitrogens with zero attached hydrogens (tertiary/aromatic N) is 1. The highest BCUT2D eigenvalue weighted by molar-refractivity contribution is 7.80. The van der Waals surface area contributed by atoms with Crippen LogP contribution < -0.4 is 15.8 Å². The molecule has 0 saturated heterocycles. The molecular weight excluding hydrogens is 454 g/mol. The second kappa shape index (κ2) is 10.6. The molecule has 0 saturated carbocycles. The van der Waals surface area contributed by atoms with Gasteiger partial charge in [0, 0.05) is 29.6 Å². The van der Waals surface area contributed by atoms with Crippen LogP contribution >= 0.6 is 35.2 Å². The van der Waals surface area contributed by atoms with Crippen LogP contribution in [0.2, 0.25) is 5.02 Å². The number of ether oxygens (including phenoxy) is 1. The molecule has 0 unspecified atom stereocenters. The molecule has 3 rings (SSSR count). The molecule has 1 aromatic heterocycles. The molecule has 162 valence electrons. The largest absolute Gasteiger partial charge is 0.497 e. The average molecular weight is 476 g/mol. The first-order valence-electron chi connectivity index (χ1n) is 9.57. The van der Waals surface area contributed by atoms with Crippen LogP contribution in [-0.4, -0.2) is 42.0 Å². The number of primary amides is 1. The molecule has 0 atom stereocenters. The Bertz CT molecular complexity index is 1100. The highest BCUT2D eigenvalue weighted by atomic mass is 35.5. The van der Waals surface area contributed by atoms with Crippen molar-refractivity contribution < 1.29 is 14.3 Å². The van der Waals surface area contributed by atoms with E-state index in [2.05, 4.69) is 5.32 Å². The van der Waals surface area contributed by atoms with Crippen molar-refractivity contribution in [3.05, 3.63) is 64.0 Å². The van der Waals surface area contributed by atoms with E-state index in [-0.39, 0.29) is 17.4 Å². The molecule has 0 aliphatic heterocycles. The lowest BCUT2D eigenvalue weighted by atomic mass is 10.1. The van der Waals surface area contributed by atoms with E-state index in [1.165, 1.54) is 11.3 Å². The van der Waals surface area contributed by atoms with Crippen LogP contribution in [0.4, 0.5) is 0 Å². The topological polar surface area (TPSA) is 84.7 Å². The lowest BCUT2D eigenvalue weighted by molar-refractivity contribution is -0.118. The zero-order valence-electron chi connectivity index (χ0n) is 16.9. The number of benzene rings is 2. The fraction of sp³-hybridized carbons (Fsp3) is 0.227. The Morgan fingerprint density at radius 1 is 1.19 bits per heavy atom. The summed E-state index contributed by atoms with van der Waals surface area (Å²) in [6.45, 7) is 0.854. The number of carbonyl (C=O) groups is 2. The zero-order valence-corrected chi connectivity index (χ0v) is 19.3. The maximum absolute atomic E-state index is 12.9. The summed E-state index contributed by atoms with van der Waals surface area (Å²) in [5, 5.41) is 4.12.